The highest BCUT2D eigenvalue weighted by atomic mass is 19.1. The van der Waals surface area contributed by atoms with E-state index >= 15 is 0 Å². The van der Waals surface area contributed by atoms with Crippen molar-refractivity contribution in [2.45, 2.75) is 32.8 Å². The van der Waals surface area contributed by atoms with Crippen molar-refractivity contribution in [3.8, 4) is 0 Å². The summed E-state index contributed by atoms with van der Waals surface area (Å²) in [5.41, 5.74) is -0.640. The number of nitrogens with one attached hydrogen (secondary N) is 1. The second-order valence-corrected chi connectivity index (χ2v) is 6.05. The molecule has 0 saturated carbocycles. The molecular weight excluding hydrogens is 288 g/mol. The van der Waals surface area contributed by atoms with Crippen molar-refractivity contribution in [3.05, 3.63) is 47.5 Å². The van der Waals surface area contributed by atoms with Crippen molar-refractivity contribution in [2.24, 2.45) is 0 Å². The minimum absolute atomic E-state index is 0.0326. The highest BCUT2D eigenvalue weighted by Crippen LogP contribution is 2.24. The van der Waals surface area contributed by atoms with Gasteiger partial charge in [0.05, 0.1) is 0 Å². The quantitative estimate of drug-likeness (QED) is 0.923. The summed E-state index contributed by atoms with van der Waals surface area (Å²) in [6, 6.07) is 8.00. The number of amides is 1. The van der Waals surface area contributed by atoms with E-state index in [9.17, 15) is 13.6 Å². The maximum absolute atomic E-state index is 14.3. The van der Waals surface area contributed by atoms with Crippen LogP contribution < -0.4 is 5.32 Å². The average molecular weight is 307 g/mol. The normalized spacial score (nSPS) is 11.5. The number of halogens is 2. The number of ether oxygens (including phenoxy) is 1. The molecule has 1 amide bonds. The maximum atomic E-state index is 14.3. The van der Waals surface area contributed by atoms with Gasteiger partial charge in [-0.05, 0) is 38.6 Å². The zero-order valence-electron chi connectivity index (χ0n) is 12.9. The molecule has 0 aromatic heterocycles. The van der Waals surface area contributed by atoms with Gasteiger partial charge in [0.1, 0.15) is 17.2 Å². The molecular formula is C17H19F2NO2. The molecule has 2 rings (SSSR count). The molecule has 3 nitrogen and oxygen atoms in total. The van der Waals surface area contributed by atoms with Crippen LogP contribution in [-0.4, -0.2) is 18.2 Å². The summed E-state index contributed by atoms with van der Waals surface area (Å²) in [6.45, 7) is 5.33. The van der Waals surface area contributed by atoms with Crippen LogP contribution >= 0.6 is 0 Å². The van der Waals surface area contributed by atoms with E-state index in [4.69, 9.17) is 4.74 Å². The number of benzene rings is 2. The Labute approximate surface area is 128 Å². The van der Waals surface area contributed by atoms with Crippen LogP contribution in [0.25, 0.3) is 10.8 Å². The predicted octanol–water partition coefficient (Wildman–Crippen LogP) is 4.19. The van der Waals surface area contributed by atoms with Gasteiger partial charge in [-0.15, -0.1) is 0 Å². The van der Waals surface area contributed by atoms with Crippen molar-refractivity contribution < 1.29 is 18.3 Å². The first-order chi connectivity index (χ1) is 10.3. The summed E-state index contributed by atoms with van der Waals surface area (Å²) < 4.78 is 33.4. The number of rotatable bonds is 3. The van der Waals surface area contributed by atoms with Gasteiger partial charge < -0.3 is 10.1 Å². The van der Waals surface area contributed by atoms with Crippen LogP contribution in [0, 0.1) is 11.6 Å². The van der Waals surface area contributed by atoms with E-state index < -0.39 is 23.3 Å². The van der Waals surface area contributed by atoms with E-state index in [1.165, 1.54) is 6.07 Å². The van der Waals surface area contributed by atoms with Gasteiger partial charge in [-0.25, -0.2) is 13.6 Å². The number of hydrogen-bond donors (Lipinski definition) is 1. The molecule has 2 aromatic carbocycles. The van der Waals surface area contributed by atoms with Gasteiger partial charge in [0.15, 0.2) is 0 Å². The van der Waals surface area contributed by atoms with E-state index in [1.54, 1.807) is 45.0 Å². The standard InChI is InChI=1S/C17H19F2NO2/c1-17(2,3)22-16(21)20-9-8-13-14(18)10-11-6-4-5-7-12(11)15(13)19/h4-7,10H,8-9H2,1-3H3,(H,20,21). The summed E-state index contributed by atoms with van der Waals surface area (Å²) in [5, 5.41) is 3.38. The third kappa shape index (κ3) is 3.93. The van der Waals surface area contributed by atoms with E-state index in [2.05, 4.69) is 5.32 Å². The highest BCUT2D eigenvalue weighted by Gasteiger charge is 2.17. The zero-order valence-corrected chi connectivity index (χ0v) is 12.9. The van der Waals surface area contributed by atoms with Gasteiger partial charge >= 0.3 is 6.09 Å². The number of alkyl carbamates (subject to hydrolysis) is 1. The third-order valence-corrected chi connectivity index (χ3v) is 3.08. The summed E-state index contributed by atoms with van der Waals surface area (Å²) in [4.78, 5) is 11.5. The van der Waals surface area contributed by atoms with Gasteiger partial charge in [0, 0.05) is 17.5 Å². The lowest BCUT2D eigenvalue weighted by Gasteiger charge is -2.19. The third-order valence-electron chi connectivity index (χ3n) is 3.08. The Kier molecular flexibility index (Phi) is 4.64. The molecule has 0 fully saturated rings. The molecule has 0 aliphatic rings. The van der Waals surface area contributed by atoms with Gasteiger partial charge in [-0.2, -0.15) is 0 Å². The summed E-state index contributed by atoms with van der Waals surface area (Å²) in [5.74, 6) is -1.19. The first-order valence-electron chi connectivity index (χ1n) is 7.10. The van der Waals surface area contributed by atoms with E-state index in [0.29, 0.717) is 10.8 Å². The fraction of sp³-hybridized carbons (Fsp3) is 0.353. The van der Waals surface area contributed by atoms with Gasteiger partial charge in [0.25, 0.3) is 0 Å². The molecule has 0 atom stereocenters. The topological polar surface area (TPSA) is 38.3 Å². The predicted molar refractivity (Wildman–Crippen MR) is 81.8 cm³/mol. The first-order valence-corrected chi connectivity index (χ1v) is 7.10. The molecule has 5 heteroatoms. The van der Waals surface area contributed by atoms with Crippen molar-refractivity contribution in [1.29, 1.82) is 0 Å². The molecule has 1 N–H and O–H groups in total. The Bertz CT molecular complexity index is 693. The molecule has 0 unspecified atom stereocenters. The number of fused-ring (bicyclic) bond motifs is 1. The molecule has 0 bridgehead atoms. The van der Waals surface area contributed by atoms with Crippen LogP contribution in [0.15, 0.2) is 30.3 Å². The first kappa shape index (κ1) is 16.2. The maximum Gasteiger partial charge on any atom is 0.407 e. The Morgan fingerprint density at radius 1 is 1.23 bits per heavy atom. The lowest BCUT2D eigenvalue weighted by atomic mass is 10.0. The molecule has 0 radical (unpaired) electrons. The molecule has 0 saturated heterocycles. The van der Waals surface area contributed by atoms with Gasteiger partial charge in [0.2, 0.25) is 0 Å². The molecule has 0 spiro atoms. The van der Waals surface area contributed by atoms with Crippen molar-refractivity contribution in [2.75, 3.05) is 6.54 Å². The monoisotopic (exact) mass is 307 g/mol. The summed E-state index contributed by atoms with van der Waals surface area (Å²) in [6.07, 6.45) is -0.545. The number of hydrogen-bond acceptors (Lipinski definition) is 2. The smallest absolute Gasteiger partial charge is 0.407 e. The number of carbonyl (C=O) groups is 1. The molecule has 2 aromatic rings. The van der Waals surface area contributed by atoms with Gasteiger partial charge in [-0.1, -0.05) is 24.3 Å². The number of carbonyl (C=O) groups excluding carboxylic acids is 1. The second kappa shape index (κ2) is 6.30. The van der Waals surface area contributed by atoms with Crippen LogP contribution in [0.3, 0.4) is 0 Å². The lowest BCUT2D eigenvalue weighted by Crippen LogP contribution is -2.33. The molecule has 0 aliphatic heterocycles. The SMILES string of the molecule is CC(C)(C)OC(=O)NCCc1c(F)cc2ccccc2c1F. The van der Waals surface area contributed by atoms with Crippen LogP contribution in [0.2, 0.25) is 0 Å². The Hall–Kier alpha value is -2.17. The lowest BCUT2D eigenvalue weighted by molar-refractivity contribution is 0.0528. The van der Waals surface area contributed by atoms with Crippen LogP contribution in [0.4, 0.5) is 13.6 Å². The van der Waals surface area contributed by atoms with Crippen molar-refractivity contribution >= 4 is 16.9 Å². The second-order valence-electron chi connectivity index (χ2n) is 6.05. The molecule has 0 aliphatic carbocycles. The minimum Gasteiger partial charge on any atom is -0.444 e. The summed E-state index contributed by atoms with van der Waals surface area (Å²) in [7, 11) is 0. The Morgan fingerprint density at radius 3 is 2.59 bits per heavy atom. The molecule has 118 valence electrons. The zero-order chi connectivity index (χ0) is 16.3. The Balaban J connectivity index is 2.07. The Morgan fingerprint density at radius 2 is 1.91 bits per heavy atom. The van der Waals surface area contributed by atoms with E-state index in [0.717, 1.165) is 0 Å². The van der Waals surface area contributed by atoms with E-state index in [-0.39, 0.29) is 18.5 Å². The largest absolute Gasteiger partial charge is 0.444 e. The van der Waals surface area contributed by atoms with Crippen molar-refractivity contribution in [3.63, 3.8) is 0 Å². The van der Waals surface area contributed by atoms with Crippen LogP contribution in [-0.2, 0) is 11.2 Å². The van der Waals surface area contributed by atoms with E-state index in [1.807, 2.05) is 0 Å². The fourth-order valence-corrected chi connectivity index (χ4v) is 2.15. The van der Waals surface area contributed by atoms with Crippen molar-refractivity contribution in [1.82, 2.24) is 5.32 Å². The van der Waals surface area contributed by atoms with Gasteiger partial charge in [-0.3, -0.25) is 0 Å². The summed E-state index contributed by atoms with van der Waals surface area (Å²) >= 11 is 0. The average Bonchev–Trinajstić information content (AvgIpc) is 2.40. The molecule has 22 heavy (non-hydrogen) atoms. The minimum atomic E-state index is -0.609. The highest BCUT2D eigenvalue weighted by molar-refractivity contribution is 5.84. The van der Waals surface area contributed by atoms with Crippen LogP contribution in [0.5, 0.6) is 0 Å². The van der Waals surface area contributed by atoms with Crippen LogP contribution in [0.1, 0.15) is 26.3 Å². The molecule has 0 heterocycles. The fourth-order valence-electron chi connectivity index (χ4n) is 2.15.